The van der Waals surface area contributed by atoms with Gasteiger partial charge in [-0.3, -0.25) is 14.7 Å². The Morgan fingerprint density at radius 3 is 2.76 bits per heavy atom. The molecule has 29 heavy (non-hydrogen) atoms. The molecule has 0 aliphatic carbocycles. The minimum atomic E-state index is -0.575. The SMILES string of the molecule is CCOC(=O)c1nc(-c2cccc(CNC(=O)c3cc(CC)c[nH]c3=O)c2)n[nH]1. The topological polar surface area (TPSA) is 130 Å². The van der Waals surface area contributed by atoms with Crippen molar-refractivity contribution in [3.8, 4) is 11.4 Å². The van der Waals surface area contributed by atoms with Gasteiger partial charge in [-0.25, -0.2) is 9.78 Å². The van der Waals surface area contributed by atoms with Gasteiger partial charge in [-0.1, -0.05) is 25.1 Å². The van der Waals surface area contributed by atoms with Crippen molar-refractivity contribution in [1.29, 1.82) is 0 Å². The summed E-state index contributed by atoms with van der Waals surface area (Å²) in [5, 5.41) is 9.33. The number of nitrogens with one attached hydrogen (secondary N) is 3. The number of amides is 1. The van der Waals surface area contributed by atoms with Crippen molar-refractivity contribution in [3.05, 3.63) is 69.4 Å². The van der Waals surface area contributed by atoms with Crippen molar-refractivity contribution >= 4 is 11.9 Å². The summed E-state index contributed by atoms with van der Waals surface area (Å²) in [6.07, 6.45) is 2.31. The van der Waals surface area contributed by atoms with E-state index in [0.717, 1.165) is 11.1 Å². The van der Waals surface area contributed by atoms with Gasteiger partial charge < -0.3 is 15.0 Å². The van der Waals surface area contributed by atoms with Gasteiger partial charge in [0.25, 0.3) is 11.5 Å². The molecular weight excluding hydrogens is 374 g/mol. The summed E-state index contributed by atoms with van der Waals surface area (Å²) in [7, 11) is 0. The number of carbonyl (C=O) groups is 2. The number of H-pyrrole nitrogens is 2. The highest BCUT2D eigenvalue weighted by atomic mass is 16.5. The van der Waals surface area contributed by atoms with E-state index in [9.17, 15) is 14.4 Å². The molecule has 3 N–H and O–H groups in total. The number of carbonyl (C=O) groups excluding carboxylic acids is 2. The van der Waals surface area contributed by atoms with Crippen LogP contribution in [0.3, 0.4) is 0 Å². The second kappa shape index (κ2) is 8.96. The van der Waals surface area contributed by atoms with Crippen LogP contribution >= 0.6 is 0 Å². The Labute approximate surface area is 166 Å². The molecule has 0 fully saturated rings. The predicted molar refractivity (Wildman–Crippen MR) is 105 cm³/mol. The van der Waals surface area contributed by atoms with Gasteiger partial charge in [-0.2, -0.15) is 5.10 Å². The zero-order valence-corrected chi connectivity index (χ0v) is 16.1. The number of ether oxygens (including phenoxy) is 1. The summed E-state index contributed by atoms with van der Waals surface area (Å²) in [5.74, 6) is -0.660. The maximum absolute atomic E-state index is 12.4. The molecule has 150 valence electrons. The number of aromatic nitrogens is 4. The highest BCUT2D eigenvalue weighted by Crippen LogP contribution is 2.16. The zero-order valence-electron chi connectivity index (χ0n) is 16.1. The van der Waals surface area contributed by atoms with Crippen LogP contribution in [0.15, 0.2) is 41.3 Å². The normalized spacial score (nSPS) is 10.6. The van der Waals surface area contributed by atoms with E-state index in [1.807, 2.05) is 13.0 Å². The summed E-state index contributed by atoms with van der Waals surface area (Å²) >= 11 is 0. The molecule has 0 bridgehead atoms. The van der Waals surface area contributed by atoms with E-state index in [1.165, 1.54) is 0 Å². The smallest absolute Gasteiger partial charge is 0.375 e. The van der Waals surface area contributed by atoms with Crippen molar-refractivity contribution in [3.63, 3.8) is 0 Å². The van der Waals surface area contributed by atoms with Gasteiger partial charge in [0, 0.05) is 18.3 Å². The fourth-order valence-corrected chi connectivity index (χ4v) is 2.68. The van der Waals surface area contributed by atoms with Gasteiger partial charge in [-0.05, 0) is 36.6 Å². The largest absolute Gasteiger partial charge is 0.460 e. The van der Waals surface area contributed by atoms with E-state index < -0.39 is 17.4 Å². The number of rotatable bonds is 7. The van der Waals surface area contributed by atoms with Crippen LogP contribution in [0.2, 0.25) is 0 Å². The van der Waals surface area contributed by atoms with Gasteiger partial charge in [0.15, 0.2) is 5.82 Å². The van der Waals surface area contributed by atoms with Crippen LogP contribution in [0.25, 0.3) is 11.4 Å². The summed E-state index contributed by atoms with van der Waals surface area (Å²) < 4.78 is 4.89. The molecule has 0 saturated heterocycles. The van der Waals surface area contributed by atoms with Crippen LogP contribution < -0.4 is 10.9 Å². The van der Waals surface area contributed by atoms with Crippen molar-refractivity contribution in [2.75, 3.05) is 6.61 Å². The summed E-state index contributed by atoms with van der Waals surface area (Å²) in [6.45, 7) is 4.11. The van der Waals surface area contributed by atoms with Crippen LogP contribution in [0.5, 0.6) is 0 Å². The Balaban J connectivity index is 1.71. The van der Waals surface area contributed by atoms with Crippen molar-refractivity contribution < 1.29 is 14.3 Å². The average Bonchev–Trinajstić information content (AvgIpc) is 3.23. The van der Waals surface area contributed by atoms with E-state index in [1.54, 1.807) is 37.4 Å². The molecule has 0 spiro atoms. The first-order valence-electron chi connectivity index (χ1n) is 9.20. The van der Waals surface area contributed by atoms with Gasteiger partial charge in [0.1, 0.15) is 5.56 Å². The number of aryl methyl sites for hydroxylation is 1. The molecule has 1 aromatic carbocycles. The van der Waals surface area contributed by atoms with Gasteiger partial charge >= 0.3 is 5.97 Å². The molecule has 2 aromatic heterocycles. The molecule has 0 atom stereocenters. The molecule has 1 amide bonds. The molecule has 0 aliphatic rings. The van der Waals surface area contributed by atoms with Crippen LogP contribution in [0.1, 0.15) is 46.0 Å². The van der Waals surface area contributed by atoms with Gasteiger partial charge in [-0.15, -0.1) is 0 Å². The fraction of sp³-hybridized carbons (Fsp3) is 0.250. The Kier molecular flexibility index (Phi) is 6.18. The number of pyridine rings is 1. The number of aromatic amines is 2. The van der Waals surface area contributed by atoms with Crippen LogP contribution in [0, 0.1) is 0 Å². The summed E-state index contributed by atoms with van der Waals surface area (Å²) in [4.78, 5) is 42.7. The van der Waals surface area contributed by atoms with Crippen molar-refractivity contribution in [2.24, 2.45) is 0 Å². The number of benzene rings is 1. The first-order valence-corrected chi connectivity index (χ1v) is 9.20. The quantitative estimate of drug-likeness (QED) is 0.523. The highest BCUT2D eigenvalue weighted by Gasteiger charge is 2.15. The first-order chi connectivity index (χ1) is 14.0. The van der Waals surface area contributed by atoms with Gasteiger partial charge in [0.2, 0.25) is 5.82 Å². The summed E-state index contributed by atoms with van der Waals surface area (Å²) in [5.41, 5.74) is 1.99. The third-order valence-electron chi connectivity index (χ3n) is 4.21. The Morgan fingerprint density at radius 1 is 1.17 bits per heavy atom. The van der Waals surface area contributed by atoms with Crippen molar-refractivity contribution in [1.82, 2.24) is 25.5 Å². The summed E-state index contributed by atoms with van der Waals surface area (Å²) in [6, 6.07) is 8.80. The molecule has 0 aliphatic heterocycles. The molecule has 3 aromatic rings. The van der Waals surface area contributed by atoms with E-state index in [-0.39, 0.29) is 24.5 Å². The Hall–Kier alpha value is -3.75. The predicted octanol–water partition coefficient (Wildman–Crippen LogP) is 1.83. The van der Waals surface area contributed by atoms with E-state index in [4.69, 9.17) is 4.74 Å². The lowest BCUT2D eigenvalue weighted by Crippen LogP contribution is -2.29. The first kappa shape index (κ1) is 20.0. The molecule has 0 radical (unpaired) electrons. The van der Waals surface area contributed by atoms with Crippen LogP contribution in [-0.2, 0) is 17.7 Å². The lowest BCUT2D eigenvalue weighted by atomic mass is 10.1. The molecule has 3 rings (SSSR count). The number of esters is 1. The second-order valence-electron chi connectivity index (χ2n) is 6.22. The molecule has 0 saturated carbocycles. The monoisotopic (exact) mass is 395 g/mol. The maximum Gasteiger partial charge on any atom is 0.375 e. The highest BCUT2D eigenvalue weighted by molar-refractivity contribution is 5.93. The average molecular weight is 395 g/mol. The minimum Gasteiger partial charge on any atom is -0.460 e. The Morgan fingerprint density at radius 2 is 2.00 bits per heavy atom. The minimum absolute atomic E-state index is 0.0237. The number of hydrogen-bond acceptors (Lipinski definition) is 6. The van der Waals surface area contributed by atoms with E-state index in [0.29, 0.717) is 17.8 Å². The lowest BCUT2D eigenvalue weighted by Gasteiger charge is -2.07. The molecule has 2 heterocycles. The molecular formula is C20H21N5O4. The molecule has 9 nitrogen and oxygen atoms in total. The number of nitrogens with zero attached hydrogens (tertiary/aromatic N) is 2. The number of hydrogen-bond donors (Lipinski definition) is 3. The maximum atomic E-state index is 12.4. The fourth-order valence-electron chi connectivity index (χ4n) is 2.68. The standard InChI is InChI=1S/C20H21N5O4/c1-3-12-9-15(18(26)21-10-12)19(27)22-11-13-6-5-7-14(8-13)16-23-17(25-24-16)20(28)29-4-2/h5-10H,3-4,11H2,1-2H3,(H,21,26)(H,22,27)(H,23,24,25). The van der Waals surface area contributed by atoms with E-state index in [2.05, 4.69) is 25.5 Å². The molecule has 9 heteroatoms. The van der Waals surface area contributed by atoms with Crippen LogP contribution in [0.4, 0.5) is 0 Å². The van der Waals surface area contributed by atoms with E-state index >= 15 is 0 Å². The third kappa shape index (κ3) is 4.75. The zero-order chi connectivity index (χ0) is 20.8. The van der Waals surface area contributed by atoms with Gasteiger partial charge in [0.05, 0.1) is 6.61 Å². The Bertz CT molecular complexity index is 1090. The molecule has 0 unspecified atom stereocenters. The lowest BCUT2D eigenvalue weighted by molar-refractivity contribution is 0.0512. The third-order valence-corrected chi connectivity index (χ3v) is 4.21. The van der Waals surface area contributed by atoms with Crippen molar-refractivity contribution in [2.45, 2.75) is 26.8 Å². The van der Waals surface area contributed by atoms with Crippen LogP contribution in [-0.4, -0.2) is 38.6 Å². The second-order valence-corrected chi connectivity index (χ2v) is 6.22.